The highest BCUT2D eigenvalue weighted by Crippen LogP contribution is 2.46. The van der Waals surface area contributed by atoms with Crippen LogP contribution < -0.4 is 4.74 Å². The lowest BCUT2D eigenvalue weighted by Gasteiger charge is -2.36. The number of nitrogens with zero attached hydrogens (tertiary/aromatic N) is 2. The lowest BCUT2D eigenvalue weighted by atomic mass is 9.86. The van der Waals surface area contributed by atoms with Crippen LogP contribution in [0.25, 0.3) is 0 Å². The van der Waals surface area contributed by atoms with Crippen molar-refractivity contribution in [2.24, 2.45) is 5.92 Å². The molecule has 0 saturated carbocycles. The number of hydrogen-bond acceptors (Lipinski definition) is 3. The number of hydrogen-bond donors (Lipinski definition) is 0. The smallest absolute Gasteiger partial charge is 0.258 e. The molecule has 30 heavy (non-hydrogen) atoms. The van der Waals surface area contributed by atoms with Crippen molar-refractivity contribution in [1.29, 1.82) is 0 Å². The van der Waals surface area contributed by atoms with Crippen LogP contribution in [-0.2, 0) is 16.0 Å². The number of carbonyl (C=O) groups is 2. The molecule has 0 bridgehead atoms. The maximum atomic E-state index is 13.3. The predicted octanol–water partition coefficient (Wildman–Crippen LogP) is 3.62. The third-order valence-electron chi connectivity index (χ3n) is 7.25. The minimum absolute atomic E-state index is 0.0351. The normalized spacial score (nSPS) is 27.9. The first-order chi connectivity index (χ1) is 14.5. The van der Waals surface area contributed by atoms with E-state index in [1.807, 2.05) is 35.2 Å². The summed E-state index contributed by atoms with van der Waals surface area (Å²) >= 11 is 0. The van der Waals surface area contributed by atoms with E-state index in [1.54, 1.807) is 7.11 Å². The highest BCUT2D eigenvalue weighted by Gasteiger charge is 2.55. The zero-order valence-corrected chi connectivity index (χ0v) is 17.5. The Hall–Kier alpha value is -2.82. The van der Waals surface area contributed by atoms with Gasteiger partial charge in [0.25, 0.3) is 5.91 Å². The van der Waals surface area contributed by atoms with E-state index < -0.39 is 0 Å². The molecule has 1 aliphatic carbocycles. The van der Waals surface area contributed by atoms with Crippen molar-refractivity contribution in [3.63, 3.8) is 0 Å². The molecule has 5 heteroatoms. The van der Waals surface area contributed by atoms with Gasteiger partial charge in [0, 0.05) is 30.3 Å². The second kappa shape index (κ2) is 7.15. The summed E-state index contributed by atoms with van der Waals surface area (Å²) < 4.78 is 5.24. The average molecular weight is 405 g/mol. The third kappa shape index (κ3) is 2.91. The Balaban J connectivity index is 1.35. The van der Waals surface area contributed by atoms with Crippen molar-refractivity contribution in [2.75, 3.05) is 20.2 Å². The van der Waals surface area contributed by atoms with Gasteiger partial charge in [0.05, 0.1) is 12.6 Å². The van der Waals surface area contributed by atoms with Gasteiger partial charge in [-0.2, -0.15) is 0 Å². The number of fused-ring (bicyclic) bond motifs is 1. The highest BCUT2D eigenvalue weighted by molar-refractivity contribution is 6.03. The van der Waals surface area contributed by atoms with Crippen LogP contribution in [0.5, 0.6) is 5.75 Å². The highest BCUT2D eigenvalue weighted by atomic mass is 16.5. The van der Waals surface area contributed by atoms with Crippen LogP contribution >= 0.6 is 0 Å². The van der Waals surface area contributed by atoms with Crippen molar-refractivity contribution < 1.29 is 14.3 Å². The maximum absolute atomic E-state index is 13.3. The van der Waals surface area contributed by atoms with Crippen LogP contribution in [0.2, 0.25) is 0 Å². The third-order valence-corrected chi connectivity index (χ3v) is 7.25. The average Bonchev–Trinajstić information content (AvgIpc) is 3.36. The van der Waals surface area contributed by atoms with E-state index in [1.165, 1.54) is 0 Å². The lowest BCUT2D eigenvalue weighted by molar-refractivity contribution is -0.134. The Morgan fingerprint density at radius 3 is 2.77 bits per heavy atom. The zero-order valence-electron chi connectivity index (χ0n) is 17.5. The number of benzene rings is 1. The zero-order chi connectivity index (χ0) is 20.9. The summed E-state index contributed by atoms with van der Waals surface area (Å²) in [5.74, 6) is 1.08. The van der Waals surface area contributed by atoms with Crippen molar-refractivity contribution >= 4 is 11.8 Å². The van der Waals surface area contributed by atoms with Gasteiger partial charge in [0.1, 0.15) is 5.75 Å². The van der Waals surface area contributed by atoms with Crippen LogP contribution in [0.15, 0.2) is 59.8 Å². The van der Waals surface area contributed by atoms with E-state index in [-0.39, 0.29) is 23.3 Å². The fraction of sp³-hybridized carbons (Fsp3) is 0.440. The van der Waals surface area contributed by atoms with E-state index in [0.717, 1.165) is 73.2 Å². The topological polar surface area (TPSA) is 49.9 Å². The summed E-state index contributed by atoms with van der Waals surface area (Å²) in [6.07, 6.45) is 9.34. The monoisotopic (exact) mass is 404 g/mol. The fourth-order valence-corrected chi connectivity index (χ4v) is 5.75. The van der Waals surface area contributed by atoms with Gasteiger partial charge in [-0.3, -0.25) is 9.59 Å². The van der Waals surface area contributed by atoms with Crippen LogP contribution in [0.4, 0.5) is 0 Å². The van der Waals surface area contributed by atoms with E-state index in [0.29, 0.717) is 6.54 Å². The quantitative estimate of drug-likeness (QED) is 0.753. The molecule has 156 valence electrons. The predicted molar refractivity (Wildman–Crippen MR) is 115 cm³/mol. The van der Waals surface area contributed by atoms with Crippen LogP contribution in [-0.4, -0.2) is 47.4 Å². The molecule has 0 radical (unpaired) electrons. The number of rotatable bonds is 5. The fourth-order valence-electron chi connectivity index (χ4n) is 5.75. The molecule has 2 amide bonds. The molecule has 3 aliphatic heterocycles. The van der Waals surface area contributed by atoms with Gasteiger partial charge in [-0.15, -0.1) is 0 Å². The Kier molecular flexibility index (Phi) is 4.57. The molecule has 1 aromatic rings. The second-order valence-electron chi connectivity index (χ2n) is 8.94. The SMILES string of the molecule is C=C1C2=C(C=CCC2)C(=O)N1CC12CCCN1C(=O)C(Cc1ccc(OC)cc1)C2. The molecular formula is C25H28N2O3. The van der Waals surface area contributed by atoms with E-state index in [2.05, 4.69) is 17.6 Å². The molecule has 0 N–H and O–H groups in total. The first kappa shape index (κ1) is 19.2. The number of carbonyl (C=O) groups excluding carboxylic acids is 2. The van der Waals surface area contributed by atoms with E-state index in [9.17, 15) is 9.59 Å². The Bertz CT molecular complexity index is 975. The van der Waals surface area contributed by atoms with Gasteiger partial charge >= 0.3 is 0 Å². The number of amides is 2. The van der Waals surface area contributed by atoms with Gasteiger partial charge in [-0.05, 0) is 61.8 Å². The molecule has 1 aromatic carbocycles. The largest absolute Gasteiger partial charge is 0.497 e. The number of allylic oxidation sites excluding steroid dienone is 2. The molecule has 3 heterocycles. The Labute approximate surface area is 177 Å². The van der Waals surface area contributed by atoms with Crippen molar-refractivity contribution in [2.45, 2.75) is 44.1 Å². The molecule has 4 aliphatic rings. The van der Waals surface area contributed by atoms with Crippen LogP contribution in [0, 0.1) is 5.92 Å². The van der Waals surface area contributed by atoms with Crippen molar-refractivity contribution in [1.82, 2.24) is 9.80 Å². The molecule has 0 aromatic heterocycles. The molecule has 2 fully saturated rings. The van der Waals surface area contributed by atoms with Crippen LogP contribution in [0.1, 0.15) is 37.7 Å². The van der Waals surface area contributed by atoms with E-state index >= 15 is 0 Å². The second-order valence-corrected chi connectivity index (χ2v) is 8.94. The van der Waals surface area contributed by atoms with Gasteiger partial charge in [-0.25, -0.2) is 0 Å². The first-order valence-corrected chi connectivity index (χ1v) is 10.9. The molecule has 5 rings (SSSR count). The summed E-state index contributed by atoms with van der Waals surface area (Å²) in [6, 6.07) is 7.97. The van der Waals surface area contributed by atoms with Gasteiger partial charge < -0.3 is 14.5 Å². The first-order valence-electron chi connectivity index (χ1n) is 10.9. The summed E-state index contributed by atoms with van der Waals surface area (Å²) in [5.41, 5.74) is 3.61. The molecule has 2 atom stereocenters. The molecule has 2 saturated heterocycles. The van der Waals surface area contributed by atoms with Crippen molar-refractivity contribution in [3.8, 4) is 5.75 Å². The van der Waals surface area contributed by atoms with Crippen LogP contribution in [0.3, 0.4) is 0 Å². The molecule has 2 unspecified atom stereocenters. The molecule has 5 nitrogen and oxygen atoms in total. The molecular weight excluding hydrogens is 376 g/mol. The van der Waals surface area contributed by atoms with Crippen molar-refractivity contribution in [3.05, 3.63) is 65.4 Å². The maximum Gasteiger partial charge on any atom is 0.258 e. The Morgan fingerprint density at radius 1 is 1.23 bits per heavy atom. The summed E-state index contributed by atoms with van der Waals surface area (Å²) in [7, 11) is 1.66. The molecule has 0 spiro atoms. The van der Waals surface area contributed by atoms with E-state index in [4.69, 9.17) is 4.74 Å². The minimum Gasteiger partial charge on any atom is -0.497 e. The van der Waals surface area contributed by atoms with Gasteiger partial charge in [0.15, 0.2) is 0 Å². The summed E-state index contributed by atoms with van der Waals surface area (Å²) in [4.78, 5) is 30.3. The Morgan fingerprint density at radius 2 is 2.03 bits per heavy atom. The van der Waals surface area contributed by atoms with Gasteiger partial charge in [0.2, 0.25) is 5.91 Å². The van der Waals surface area contributed by atoms with Gasteiger partial charge in [-0.1, -0.05) is 30.9 Å². The lowest BCUT2D eigenvalue weighted by Crippen LogP contribution is -2.49. The number of methoxy groups -OCH3 is 1. The summed E-state index contributed by atoms with van der Waals surface area (Å²) in [6.45, 7) is 5.60. The number of ether oxygens (including phenoxy) is 1. The summed E-state index contributed by atoms with van der Waals surface area (Å²) in [5, 5.41) is 0. The minimum atomic E-state index is -0.259. The standard InChI is InChI=1S/C25H28N2O3/c1-17-21-6-3-4-7-22(21)24(29)26(17)16-25-12-5-13-27(25)23(28)19(15-25)14-18-8-10-20(30-2)11-9-18/h4,7-11,19H,1,3,5-6,12-16H2,2H3.